The number of hydrogen-bond acceptors (Lipinski definition) is 3. The number of nitrogens with one attached hydrogen (secondary N) is 2. The van der Waals surface area contributed by atoms with Crippen molar-refractivity contribution in [2.75, 3.05) is 0 Å². The molecular weight excluding hydrogens is 352 g/mol. The lowest BCUT2D eigenvalue weighted by molar-refractivity contribution is -0.121. The van der Waals surface area contributed by atoms with Crippen LogP contribution in [0.5, 0.6) is 0 Å². The van der Waals surface area contributed by atoms with Gasteiger partial charge in [-0.05, 0) is 49.4 Å². The average Bonchev–Trinajstić information content (AvgIpc) is 2.92. The maximum Gasteiger partial charge on any atom is 0.217 e. The Bertz CT molecular complexity index is 744. The molecule has 0 heterocycles. The maximum atomic E-state index is 12.0. The van der Waals surface area contributed by atoms with Crippen molar-refractivity contribution in [2.24, 2.45) is 28.6 Å². The van der Waals surface area contributed by atoms with E-state index in [1.165, 1.54) is 5.57 Å². The summed E-state index contributed by atoms with van der Waals surface area (Å²) >= 11 is 0. The Morgan fingerprint density at radius 3 is 2.50 bits per heavy atom. The molecule has 28 heavy (non-hydrogen) atoms. The summed E-state index contributed by atoms with van der Waals surface area (Å²) in [5, 5.41) is 16.7. The first kappa shape index (κ1) is 19.7. The average molecular weight is 387 g/mol. The first-order valence-electron chi connectivity index (χ1n) is 10.8. The Morgan fingerprint density at radius 1 is 1.11 bits per heavy atom. The van der Waals surface area contributed by atoms with Crippen LogP contribution in [0.25, 0.3) is 0 Å². The van der Waals surface area contributed by atoms with Gasteiger partial charge in [-0.15, -0.1) is 0 Å². The van der Waals surface area contributed by atoms with Crippen LogP contribution in [0.4, 0.5) is 0 Å². The largest absolute Gasteiger partial charge is 0.389 e. The van der Waals surface area contributed by atoms with Crippen molar-refractivity contribution >= 4 is 11.8 Å². The van der Waals surface area contributed by atoms with Crippen molar-refractivity contribution < 1.29 is 14.7 Å². The molecule has 0 spiro atoms. The van der Waals surface area contributed by atoms with E-state index in [0.29, 0.717) is 17.8 Å². The molecule has 4 aliphatic rings. The molecule has 0 saturated heterocycles. The Labute approximate surface area is 168 Å². The minimum Gasteiger partial charge on any atom is -0.389 e. The molecule has 3 N–H and O–H groups in total. The van der Waals surface area contributed by atoms with Gasteiger partial charge in [0.1, 0.15) is 0 Å². The molecule has 2 saturated carbocycles. The molecule has 2 amide bonds. The van der Waals surface area contributed by atoms with Crippen LogP contribution in [-0.4, -0.2) is 35.1 Å². The molecule has 5 heteroatoms. The summed E-state index contributed by atoms with van der Waals surface area (Å²) in [7, 11) is 0. The van der Waals surface area contributed by atoms with Gasteiger partial charge in [0.2, 0.25) is 11.8 Å². The highest BCUT2D eigenvalue weighted by molar-refractivity contribution is 5.74. The number of carbonyl (C=O) groups is 2. The number of hydrogen-bond donors (Lipinski definition) is 3. The normalized spacial score (nSPS) is 46.7. The van der Waals surface area contributed by atoms with Crippen LogP contribution in [0.15, 0.2) is 23.8 Å². The summed E-state index contributed by atoms with van der Waals surface area (Å²) in [5.41, 5.74) is 1.42. The highest BCUT2D eigenvalue weighted by Crippen LogP contribution is 2.63. The summed E-state index contributed by atoms with van der Waals surface area (Å²) in [6, 6.07) is 0.293. The van der Waals surface area contributed by atoms with Crippen molar-refractivity contribution in [3.05, 3.63) is 23.8 Å². The lowest BCUT2D eigenvalue weighted by atomic mass is 9.49. The van der Waals surface area contributed by atoms with Gasteiger partial charge in [0.05, 0.1) is 6.10 Å². The third-order valence-electron chi connectivity index (χ3n) is 8.36. The molecule has 8 atom stereocenters. The summed E-state index contributed by atoms with van der Waals surface area (Å²) in [6.45, 7) is 7.83. The zero-order valence-electron chi connectivity index (χ0n) is 17.5. The van der Waals surface area contributed by atoms with E-state index in [9.17, 15) is 14.7 Å². The first-order valence-corrected chi connectivity index (χ1v) is 10.8. The number of aliphatic hydroxyl groups is 1. The van der Waals surface area contributed by atoms with Gasteiger partial charge in [0.15, 0.2) is 0 Å². The summed E-state index contributed by atoms with van der Waals surface area (Å²) in [5.74, 6) is 1.13. The molecule has 0 bridgehead atoms. The highest BCUT2D eigenvalue weighted by atomic mass is 16.3. The molecule has 154 valence electrons. The minimum absolute atomic E-state index is 0.0172. The standard InChI is InChI=1S/C23H34N2O3/c1-13(26)24-19-12-15-11-16(28)7-9-22(15,3)18-8-10-23(4)17(21(18)19)5-6-20(23)25-14(2)27/h7-9,15-17,19-21,28H,5-6,10-12H2,1-4H3,(H,24,26)(H,25,27)/t15?,16?,17-,19?,20?,21-,22-,23-/m0/s1. The quantitative estimate of drug-likeness (QED) is 0.639. The fourth-order valence-electron chi connectivity index (χ4n) is 6.99. The smallest absolute Gasteiger partial charge is 0.217 e. The monoisotopic (exact) mass is 386 g/mol. The fourth-order valence-corrected chi connectivity index (χ4v) is 6.99. The van der Waals surface area contributed by atoms with Crippen LogP contribution in [0.3, 0.4) is 0 Å². The molecule has 2 fully saturated rings. The minimum atomic E-state index is -0.391. The van der Waals surface area contributed by atoms with Gasteiger partial charge in [-0.25, -0.2) is 0 Å². The molecule has 5 nitrogen and oxygen atoms in total. The van der Waals surface area contributed by atoms with E-state index in [2.05, 4.69) is 36.6 Å². The van der Waals surface area contributed by atoms with E-state index in [0.717, 1.165) is 32.1 Å². The van der Waals surface area contributed by atoms with E-state index < -0.39 is 6.10 Å². The maximum absolute atomic E-state index is 12.0. The second-order valence-corrected chi connectivity index (χ2v) is 10.0. The van der Waals surface area contributed by atoms with E-state index in [4.69, 9.17) is 0 Å². The Kier molecular flexibility index (Phi) is 4.72. The molecule has 0 aromatic heterocycles. The van der Waals surface area contributed by atoms with Gasteiger partial charge in [-0.3, -0.25) is 9.59 Å². The van der Waals surface area contributed by atoms with Crippen LogP contribution < -0.4 is 10.6 Å². The number of fused-ring (bicyclic) bond motifs is 5. The van der Waals surface area contributed by atoms with Crippen LogP contribution in [0, 0.1) is 28.6 Å². The predicted molar refractivity (Wildman–Crippen MR) is 108 cm³/mol. The van der Waals surface area contributed by atoms with Crippen LogP contribution in [-0.2, 0) is 9.59 Å². The van der Waals surface area contributed by atoms with Crippen molar-refractivity contribution in [1.82, 2.24) is 10.6 Å². The van der Waals surface area contributed by atoms with Gasteiger partial charge in [0.25, 0.3) is 0 Å². The van der Waals surface area contributed by atoms with Gasteiger partial charge < -0.3 is 15.7 Å². The molecule has 4 rings (SSSR count). The number of carbonyl (C=O) groups excluding carboxylic acids is 2. The summed E-state index contributed by atoms with van der Waals surface area (Å²) in [4.78, 5) is 23.8. The fraction of sp³-hybridized carbons (Fsp3) is 0.739. The molecule has 0 radical (unpaired) electrons. The first-order chi connectivity index (χ1) is 13.1. The molecular formula is C23H34N2O3. The van der Waals surface area contributed by atoms with Gasteiger partial charge in [0, 0.05) is 37.3 Å². The Hall–Kier alpha value is -1.62. The Balaban J connectivity index is 1.75. The number of allylic oxidation sites excluding steroid dienone is 2. The zero-order chi connectivity index (χ0) is 20.3. The van der Waals surface area contributed by atoms with Crippen LogP contribution in [0.1, 0.15) is 59.8 Å². The third kappa shape index (κ3) is 2.94. The van der Waals surface area contributed by atoms with E-state index >= 15 is 0 Å². The van der Waals surface area contributed by atoms with Gasteiger partial charge >= 0.3 is 0 Å². The Morgan fingerprint density at radius 2 is 1.82 bits per heavy atom. The molecule has 0 aromatic carbocycles. The second-order valence-electron chi connectivity index (χ2n) is 10.0. The number of aliphatic hydroxyl groups excluding tert-OH is 1. The lowest BCUT2D eigenvalue weighted by Gasteiger charge is -2.57. The van der Waals surface area contributed by atoms with Crippen molar-refractivity contribution in [2.45, 2.75) is 78.0 Å². The number of rotatable bonds is 2. The van der Waals surface area contributed by atoms with Crippen LogP contribution >= 0.6 is 0 Å². The van der Waals surface area contributed by atoms with Crippen molar-refractivity contribution in [3.63, 3.8) is 0 Å². The lowest BCUT2D eigenvalue weighted by Crippen LogP contribution is -2.58. The second kappa shape index (κ2) is 6.72. The third-order valence-corrected chi connectivity index (χ3v) is 8.36. The molecule has 4 aliphatic carbocycles. The summed E-state index contributed by atoms with van der Waals surface area (Å²) in [6.07, 6.45) is 10.9. The topological polar surface area (TPSA) is 78.4 Å². The van der Waals surface area contributed by atoms with Crippen molar-refractivity contribution in [1.29, 1.82) is 0 Å². The van der Waals surface area contributed by atoms with E-state index in [1.807, 2.05) is 6.08 Å². The molecule has 0 aliphatic heterocycles. The molecule has 0 aromatic rings. The van der Waals surface area contributed by atoms with E-state index in [-0.39, 0.29) is 34.7 Å². The van der Waals surface area contributed by atoms with Crippen molar-refractivity contribution in [3.8, 4) is 0 Å². The SMILES string of the molecule is CC(=O)NC1CC2CC(O)C=C[C@]2(C)C2=CC[C@]3(C)C(NC(C)=O)CC[C@H]3[C@@H]21. The predicted octanol–water partition coefficient (Wildman–Crippen LogP) is 2.71. The van der Waals surface area contributed by atoms with Gasteiger partial charge in [-0.1, -0.05) is 37.6 Å². The molecule has 4 unspecified atom stereocenters. The summed E-state index contributed by atoms with van der Waals surface area (Å²) < 4.78 is 0. The highest BCUT2D eigenvalue weighted by Gasteiger charge is 2.59. The van der Waals surface area contributed by atoms with Gasteiger partial charge in [-0.2, -0.15) is 0 Å². The zero-order valence-corrected chi connectivity index (χ0v) is 17.5. The van der Waals surface area contributed by atoms with Crippen LogP contribution in [0.2, 0.25) is 0 Å². The number of amides is 2. The van der Waals surface area contributed by atoms with E-state index in [1.54, 1.807) is 13.8 Å².